The van der Waals surface area contributed by atoms with Crippen LogP contribution in [0.5, 0.6) is 5.75 Å². The molecule has 0 bridgehead atoms. The molecule has 1 aliphatic carbocycles. The third-order valence-electron chi connectivity index (χ3n) is 3.52. The Morgan fingerprint density at radius 1 is 1.38 bits per heavy atom. The minimum Gasteiger partial charge on any atom is -0.467 e. The lowest BCUT2D eigenvalue weighted by molar-refractivity contribution is -0.0167. The Labute approximate surface area is 93.3 Å². The predicted octanol–water partition coefficient (Wildman–Crippen LogP) is 1.68. The molecule has 1 aromatic rings. The summed E-state index contributed by atoms with van der Waals surface area (Å²) in [5, 5.41) is 0. The lowest BCUT2D eigenvalue weighted by atomic mass is 9.94. The van der Waals surface area contributed by atoms with Crippen LogP contribution in [0.3, 0.4) is 0 Å². The molecule has 0 atom stereocenters. The molecule has 0 aromatic heterocycles. The number of fused-ring (bicyclic) bond motifs is 1. The van der Waals surface area contributed by atoms with Gasteiger partial charge in [-0.1, -0.05) is 0 Å². The Morgan fingerprint density at radius 2 is 2.19 bits per heavy atom. The van der Waals surface area contributed by atoms with Crippen LogP contribution in [0.25, 0.3) is 0 Å². The third-order valence-corrected chi connectivity index (χ3v) is 3.52. The molecule has 2 N–H and O–H groups in total. The van der Waals surface area contributed by atoms with Crippen LogP contribution in [-0.2, 0) is 16.8 Å². The minimum absolute atomic E-state index is 0.138. The zero-order chi connectivity index (χ0) is 11.2. The third kappa shape index (κ3) is 1.41. The van der Waals surface area contributed by atoms with Crippen LogP contribution in [-0.4, -0.2) is 13.3 Å². The molecule has 1 saturated carbocycles. The van der Waals surface area contributed by atoms with Gasteiger partial charge in [0.2, 0.25) is 0 Å². The Balaban J connectivity index is 2.06. The molecule has 16 heavy (non-hydrogen) atoms. The average Bonchev–Trinajstić information content (AvgIpc) is 3.09. The lowest BCUT2D eigenvalue weighted by Gasteiger charge is -2.21. The van der Waals surface area contributed by atoms with E-state index in [1.165, 1.54) is 6.07 Å². The van der Waals surface area contributed by atoms with Crippen molar-refractivity contribution in [2.45, 2.75) is 24.9 Å². The highest BCUT2D eigenvalue weighted by Crippen LogP contribution is 2.49. The number of hydrogen-bond acceptors (Lipinski definition) is 3. The van der Waals surface area contributed by atoms with Crippen molar-refractivity contribution >= 4 is 0 Å². The van der Waals surface area contributed by atoms with Crippen molar-refractivity contribution in [3.63, 3.8) is 0 Å². The van der Waals surface area contributed by atoms with Gasteiger partial charge in [-0.15, -0.1) is 0 Å². The summed E-state index contributed by atoms with van der Waals surface area (Å²) in [6.45, 7) is 1.16. The van der Waals surface area contributed by atoms with Crippen molar-refractivity contribution in [1.82, 2.24) is 0 Å². The summed E-state index contributed by atoms with van der Waals surface area (Å²) in [5.41, 5.74) is 7.06. The van der Waals surface area contributed by atoms with Crippen LogP contribution in [0.4, 0.5) is 4.39 Å². The maximum absolute atomic E-state index is 13.9. The zero-order valence-corrected chi connectivity index (χ0v) is 8.96. The first-order chi connectivity index (χ1) is 7.75. The molecule has 0 radical (unpaired) electrons. The van der Waals surface area contributed by atoms with Gasteiger partial charge in [-0.2, -0.15) is 0 Å². The van der Waals surface area contributed by atoms with E-state index in [-0.39, 0.29) is 18.0 Å². The summed E-state index contributed by atoms with van der Waals surface area (Å²) in [6.07, 6.45) is 1.94. The molecule has 86 valence electrons. The van der Waals surface area contributed by atoms with E-state index in [1.54, 1.807) is 6.07 Å². The largest absolute Gasteiger partial charge is 0.467 e. The van der Waals surface area contributed by atoms with E-state index in [9.17, 15) is 4.39 Å². The van der Waals surface area contributed by atoms with Crippen molar-refractivity contribution in [2.75, 3.05) is 13.3 Å². The van der Waals surface area contributed by atoms with Gasteiger partial charge in [-0.25, -0.2) is 4.39 Å². The molecule has 1 aliphatic heterocycles. The van der Waals surface area contributed by atoms with Crippen molar-refractivity contribution in [3.05, 3.63) is 29.1 Å². The van der Waals surface area contributed by atoms with E-state index in [1.807, 2.05) is 0 Å². The second-order valence-corrected chi connectivity index (χ2v) is 4.53. The molecule has 4 heteroatoms. The Hall–Kier alpha value is -1.13. The van der Waals surface area contributed by atoms with E-state index in [2.05, 4.69) is 0 Å². The first-order valence-corrected chi connectivity index (χ1v) is 5.49. The monoisotopic (exact) mass is 223 g/mol. The fourth-order valence-electron chi connectivity index (χ4n) is 2.24. The number of hydrogen-bond donors (Lipinski definition) is 1. The smallest absolute Gasteiger partial charge is 0.189 e. The molecule has 2 aliphatic rings. The molecule has 1 fully saturated rings. The molecule has 1 aromatic carbocycles. The van der Waals surface area contributed by atoms with E-state index in [0.717, 1.165) is 24.2 Å². The Kier molecular flexibility index (Phi) is 2.16. The van der Waals surface area contributed by atoms with Crippen LogP contribution in [0, 0.1) is 5.82 Å². The molecule has 0 unspecified atom stereocenters. The SMILES string of the molecule is NCC1(c2cc3c(cc2F)COCO3)CC1. The molecular weight excluding hydrogens is 209 g/mol. The second kappa shape index (κ2) is 3.43. The maximum Gasteiger partial charge on any atom is 0.189 e. The van der Waals surface area contributed by atoms with Crippen LogP contribution < -0.4 is 10.5 Å². The minimum atomic E-state index is -0.184. The van der Waals surface area contributed by atoms with Gasteiger partial charge in [-0.3, -0.25) is 0 Å². The summed E-state index contributed by atoms with van der Waals surface area (Å²) >= 11 is 0. The van der Waals surface area contributed by atoms with E-state index in [0.29, 0.717) is 18.7 Å². The van der Waals surface area contributed by atoms with Crippen LogP contribution in [0.15, 0.2) is 12.1 Å². The number of rotatable bonds is 2. The molecule has 3 rings (SSSR count). The molecule has 0 amide bonds. The van der Waals surface area contributed by atoms with Gasteiger partial charge in [0.25, 0.3) is 0 Å². The molecular formula is C12H14FNO2. The number of ether oxygens (including phenoxy) is 2. The van der Waals surface area contributed by atoms with Gasteiger partial charge in [0.05, 0.1) is 6.61 Å². The van der Waals surface area contributed by atoms with E-state index in [4.69, 9.17) is 15.2 Å². The van der Waals surface area contributed by atoms with Crippen molar-refractivity contribution < 1.29 is 13.9 Å². The molecule has 3 nitrogen and oxygen atoms in total. The van der Waals surface area contributed by atoms with E-state index >= 15 is 0 Å². The highest BCUT2D eigenvalue weighted by molar-refractivity contribution is 5.44. The Bertz CT molecular complexity index is 429. The average molecular weight is 223 g/mol. The first-order valence-electron chi connectivity index (χ1n) is 5.49. The van der Waals surface area contributed by atoms with Gasteiger partial charge >= 0.3 is 0 Å². The standard InChI is InChI=1S/C12H14FNO2/c13-10-3-8-5-15-7-16-11(8)4-9(10)12(6-14)1-2-12/h3-4H,1-2,5-7,14H2. The first kappa shape index (κ1) is 10.1. The van der Waals surface area contributed by atoms with E-state index < -0.39 is 0 Å². The summed E-state index contributed by atoms with van der Waals surface area (Å²) in [5.74, 6) is 0.554. The van der Waals surface area contributed by atoms with Gasteiger partial charge < -0.3 is 15.2 Å². The predicted molar refractivity (Wildman–Crippen MR) is 56.7 cm³/mol. The Morgan fingerprint density at radius 3 is 2.88 bits per heavy atom. The number of benzene rings is 1. The van der Waals surface area contributed by atoms with Crippen molar-refractivity contribution in [3.8, 4) is 5.75 Å². The van der Waals surface area contributed by atoms with Crippen LogP contribution in [0.1, 0.15) is 24.0 Å². The van der Waals surface area contributed by atoms with Gasteiger partial charge in [0, 0.05) is 17.5 Å². The maximum atomic E-state index is 13.9. The normalized spacial score (nSPS) is 21.1. The quantitative estimate of drug-likeness (QED) is 0.829. The molecule has 0 saturated heterocycles. The summed E-state index contributed by atoms with van der Waals surface area (Å²) in [6, 6.07) is 3.31. The summed E-state index contributed by atoms with van der Waals surface area (Å²) < 4.78 is 24.4. The van der Waals surface area contributed by atoms with Crippen LogP contribution in [0.2, 0.25) is 0 Å². The topological polar surface area (TPSA) is 44.5 Å². The fourth-order valence-corrected chi connectivity index (χ4v) is 2.24. The van der Waals surface area contributed by atoms with Crippen LogP contribution >= 0.6 is 0 Å². The number of nitrogens with two attached hydrogens (primary N) is 1. The van der Waals surface area contributed by atoms with Gasteiger partial charge in [0.1, 0.15) is 11.6 Å². The summed E-state index contributed by atoms with van der Waals surface area (Å²) in [4.78, 5) is 0. The van der Waals surface area contributed by atoms with Gasteiger partial charge in [0.15, 0.2) is 6.79 Å². The second-order valence-electron chi connectivity index (χ2n) is 4.53. The van der Waals surface area contributed by atoms with Crippen molar-refractivity contribution in [1.29, 1.82) is 0 Å². The number of halogens is 1. The molecule has 1 heterocycles. The zero-order valence-electron chi connectivity index (χ0n) is 8.96. The fraction of sp³-hybridized carbons (Fsp3) is 0.500. The molecule has 0 spiro atoms. The summed E-state index contributed by atoms with van der Waals surface area (Å²) in [7, 11) is 0. The highest BCUT2D eigenvalue weighted by atomic mass is 19.1. The lowest BCUT2D eigenvalue weighted by Crippen LogP contribution is -2.22. The van der Waals surface area contributed by atoms with Crippen molar-refractivity contribution in [2.24, 2.45) is 5.73 Å². The highest BCUT2D eigenvalue weighted by Gasteiger charge is 2.45. The van der Waals surface area contributed by atoms with Gasteiger partial charge in [-0.05, 0) is 30.5 Å².